The summed E-state index contributed by atoms with van der Waals surface area (Å²) in [6.07, 6.45) is 0.858. The summed E-state index contributed by atoms with van der Waals surface area (Å²) in [4.78, 5) is 4.06. The molecule has 1 aromatic rings. The molecule has 29 heavy (non-hydrogen) atoms. The third-order valence-electron chi connectivity index (χ3n) is 4.87. The fourth-order valence-corrected chi connectivity index (χ4v) is 6.56. The van der Waals surface area contributed by atoms with Gasteiger partial charge in [-0.05, 0) is 74.5 Å². The highest BCUT2D eigenvalue weighted by atomic mass is 79.9. The van der Waals surface area contributed by atoms with Gasteiger partial charge in [-0.25, -0.2) is 31.1 Å². The van der Waals surface area contributed by atoms with Crippen LogP contribution in [0.25, 0.3) is 0 Å². The van der Waals surface area contributed by atoms with Crippen LogP contribution in [0.4, 0.5) is 8.78 Å². The first-order valence-corrected chi connectivity index (χ1v) is 12.5. The van der Waals surface area contributed by atoms with Crippen LogP contribution in [-0.4, -0.2) is 39.5 Å². The van der Waals surface area contributed by atoms with E-state index in [1.807, 2.05) is 0 Å². The lowest BCUT2D eigenvalue weighted by atomic mass is 10.0. The number of nitrogens with zero attached hydrogens (tertiary/aromatic N) is 2. The molecule has 0 aromatic carbocycles. The molecule has 0 saturated heterocycles. The Kier molecular flexibility index (Phi) is 6.95. The second-order valence-electron chi connectivity index (χ2n) is 8.45. The van der Waals surface area contributed by atoms with E-state index in [4.69, 9.17) is 0 Å². The fraction of sp³-hybridized carbons (Fsp3) is 0.667. The minimum atomic E-state index is -4.40. The molecule has 1 aromatic heterocycles. The molecule has 0 amide bonds. The van der Waals surface area contributed by atoms with Crippen molar-refractivity contribution in [1.29, 1.82) is 5.26 Å². The molecular weight excluding hydrogens is 488 g/mol. The van der Waals surface area contributed by atoms with Crippen molar-refractivity contribution in [2.45, 2.75) is 55.6 Å². The molecule has 1 N–H and O–H groups in total. The smallest absolute Gasteiger partial charge is 0.189 e. The SMILES string of the molecule is CC(C)(C)[S@@](=O)N[C@@](C)(CS(=O)(=O)C(C#N)(CF)C1CC1)c1nc(Br)ccc1F. The van der Waals surface area contributed by atoms with Gasteiger partial charge in [-0.2, -0.15) is 5.26 Å². The summed E-state index contributed by atoms with van der Waals surface area (Å²) in [5.74, 6) is -2.25. The van der Waals surface area contributed by atoms with Gasteiger partial charge in [0.25, 0.3) is 0 Å². The van der Waals surface area contributed by atoms with Crippen molar-refractivity contribution in [3.63, 3.8) is 0 Å². The molecular formula is C18H24BrF2N3O3S2. The second-order valence-corrected chi connectivity index (χ2v) is 13.5. The molecule has 1 aliphatic rings. The summed E-state index contributed by atoms with van der Waals surface area (Å²) in [7, 11) is -6.20. The van der Waals surface area contributed by atoms with E-state index in [0.29, 0.717) is 12.8 Å². The Bertz CT molecular complexity index is 958. The third-order valence-corrected chi connectivity index (χ3v) is 9.66. The van der Waals surface area contributed by atoms with Gasteiger partial charge in [-0.1, -0.05) is 0 Å². The van der Waals surface area contributed by atoms with Crippen molar-refractivity contribution >= 4 is 36.8 Å². The van der Waals surface area contributed by atoms with Crippen LogP contribution in [0.5, 0.6) is 0 Å². The number of nitrogens with one attached hydrogen (secondary N) is 1. The molecule has 162 valence electrons. The molecule has 0 aliphatic heterocycles. The number of alkyl halides is 1. The zero-order chi connectivity index (χ0) is 22.3. The highest BCUT2D eigenvalue weighted by molar-refractivity contribution is 9.10. The summed E-state index contributed by atoms with van der Waals surface area (Å²) in [5, 5.41) is 9.55. The van der Waals surface area contributed by atoms with E-state index in [9.17, 15) is 26.7 Å². The van der Waals surface area contributed by atoms with Crippen LogP contribution >= 0.6 is 15.9 Å². The zero-order valence-electron chi connectivity index (χ0n) is 16.6. The van der Waals surface area contributed by atoms with Gasteiger partial charge in [-0.15, -0.1) is 0 Å². The number of sulfone groups is 1. The normalized spacial score (nSPS) is 20.3. The van der Waals surface area contributed by atoms with Crippen LogP contribution in [0.2, 0.25) is 0 Å². The molecule has 1 saturated carbocycles. The number of rotatable bonds is 8. The number of pyridine rings is 1. The van der Waals surface area contributed by atoms with Crippen molar-refractivity contribution in [2.24, 2.45) is 5.92 Å². The van der Waals surface area contributed by atoms with Crippen LogP contribution in [0, 0.1) is 23.1 Å². The molecule has 0 spiro atoms. The maximum atomic E-state index is 14.7. The van der Waals surface area contributed by atoms with E-state index in [1.54, 1.807) is 26.8 Å². The Morgan fingerprint density at radius 1 is 1.34 bits per heavy atom. The van der Waals surface area contributed by atoms with Crippen molar-refractivity contribution < 1.29 is 21.4 Å². The summed E-state index contributed by atoms with van der Waals surface area (Å²) in [5.41, 5.74) is -2.05. The number of hydrogen-bond acceptors (Lipinski definition) is 5. The lowest BCUT2D eigenvalue weighted by Crippen LogP contribution is -2.55. The van der Waals surface area contributed by atoms with Crippen molar-refractivity contribution in [1.82, 2.24) is 9.71 Å². The molecule has 2 rings (SSSR count). The number of halogens is 3. The van der Waals surface area contributed by atoms with Crippen molar-refractivity contribution in [3.8, 4) is 6.07 Å². The summed E-state index contributed by atoms with van der Waals surface area (Å²) in [6, 6.07) is 4.11. The van der Waals surface area contributed by atoms with Crippen molar-refractivity contribution in [3.05, 3.63) is 28.2 Å². The van der Waals surface area contributed by atoms with E-state index >= 15 is 0 Å². The van der Waals surface area contributed by atoms with Gasteiger partial charge in [0, 0.05) is 0 Å². The fourth-order valence-electron chi connectivity index (χ4n) is 3.00. The van der Waals surface area contributed by atoms with Gasteiger partial charge in [0.05, 0.1) is 38.8 Å². The van der Waals surface area contributed by atoms with Gasteiger partial charge in [0.1, 0.15) is 17.1 Å². The Labute approximate surface area is 181 Å². The number of hydrogen-bond donors (Lipinski definition) is 1. The van der Waals surface area contributed by atoms with Crippen LogP contribution < -0.4 is 4.72 Å². The minimum Gasteiger partial charge on any atom is -0.248 e. The molecule has 1 unspecified atom stereocenters. The lowest BCUT2D eigenvalue weighted by Gasteiger charge is -2.35. The third kappa shape index (κ3) is 4.86. The van der Waals surface area contributed by atoms with Gasteiger partial charge in [-0.3, -0.25) is 0 Å². The average molecular weight is 512 g/mol. The average Bonchev–Trinajstić information content (AvgIpc) is 3.42. The first kappa shape index (κ1) is 24.3. The van der Waals surface area contributed by atoms with E-state index in [1.165, 1.54) is 13.0 Å². The highest BCUT2D eigenvalue weighted by Gasteiger charge is 2.58. The Morgan fingerprint density at radius 2 is 1.93 bits per heavy atom. The van der Waals surface area contributed by atoms with E-state index in [0.717, 1.165) is 6.07 Å². The van der Waals surface area contributed by atoms with Crippen LogP contribution in [0.15, 0.2) is 16.7 Å². The molecule has 1 aliphatic carbocycles. The Morgan fingerprint density at radius 3 is 2.38 bits per heavy atom. The highest BCUT2D eigenvalue weighted by Crippen LogP contribution is 2.46. The standard InChI is InChI=1S/C18H24BrF2N3O3S2/c1-16(2,3)28(25)24-17(4,15-13(21)7-8-14(19)23-15)11-29(26,27)18(9-20,10-22)12-5-6-12/h7-8,12,24H,5-6,9,11H2,1-4H3/t17-,18?,28+/m0/s1. The molecule has 11 heteroatoms. The van der Waals surface area contributed by atoms with E-state index in [-0.39, 0.29) is 10.3 Å². The maximum Gasteiger partial charge on any atom is 0.189 e. The molecule has 0 bridgehead atoms. The molecule has 3 atom stereocenters. The predicted molar refractivity (Wildman–Crippen MR) is 111 cm³/mol. The van der Waals surface area contributed by atoms with Gasteiger partial charge >= 0.3 is 0 Å². The lowest BCUT2D eigenvalue weighted by molar-refractivity contribution is 0.385. The Hall–Kier alpha value is -0.960. The molecule has 0 radical (unpaired) electrons. The number of aromatic nitrogens is 1. The zero-order valence-corrected chi connectivity index (χ0v) is 19.8. The molecule has 6 nitrogen and oxygen atoms in total. The largest absolute Gasteiger partial charge is 0.248 e. The predicted octanol–water partition coefficient (Wildman–Crippen LogP) is 3.31. The minimum absolute atomic E-state index is 0.250. The van der Waals surface area contributed by atoms with Gasteiger partial charge in [0.2, 0.25) is 0 Å². The van der Waals surface area contributed by atoms with Crippen LogP contribution in [-0.2, 0) is 26.4 Å². The topological polar surface area (TPSA) is 99.9 Å². The van der Waals surface area contributed by atoms with Crippen molar-refractivity contribution in [2.75, 3.05) is 12.4 Å². The second kappa shape index (κ2) is 8.29. The van der Waals surface area contributed by atoms with E-state index < -0.39 is 60.0 Å². The molecule has 1 fully saturated rings. The summed E-state index contributed by atoms with van der Waals surface area (Å²) >= 11 is 3.13. The van der Waals surface area contributed by atoms with Gasteiger partial charge in [0.15, 0.2) is 14.6 Å². The van der Waals surface area contributed by atoms with E-state index in [2.05, 4.69) is 25.6 Å². The first-order chi connectivity index (χ1) is 13.2. The quantitative estimate of drug-likeness (QED) is 0.539. The number of nitriles is 1. The summed E-state index contributed by atoms with van der Waals surface area (Å²) < 4.78 is 67.8. The van der Waals surface area contributed by atoms with Gasteiger partial charge < -0.3 is 0 Å². The monoisotopic (exact) mass is 511 g/mol. The molecule has 1 heterocycles. The Balaban J connectivity index is 2.60. The first-order valence-electron chi connectivity index (χ1n) is 8.94. The summed E-state index contributed by atoms with van der Waals surface area (Å²) in [6.45, 7) is 4.99. The van der Waals surface area contributed by atoms with Crippen LogP contribution in [0.1, 0.15) is 46.2 Å². The van der Waals surface area contributed by atoms with Crippen LogP contribution in [0.3, 0.4) is 0 Å². The maximum absolute atomic E-state index is 14.7.